The molecule has 2 unspecified atom stereocenters. The quantitative estimate of drug-likeness (QED) is 0.221. The molecule has 0 aliphatic carbocycles. The maximum absolute atomic E-state index is 12.9. The fourth-order valence-electron chi connectivity index (χ4n) is 4.40. The third-order valence-electron chi connectivity index (χ3n) is 6.05. The van der Waals surface area contributed by atoms with E-state index in [0.717, 1.165) is 21.6 Å². The number of aliphatic hydroxyl groups is 3. The summed E-state index contributed by atoms with van der Waals surface area (Å²) in [4.78, 5) is 18.0. The van der Waals surface area contributed by atoms with Crippen LogP contribution in [0.3, 0.4) is 0 Å². The molecule has 0 spiro atoms. The highest BCUT2D eigenvalue weighted by atomic mass is 16.5. The monoisotopic (exact) mass is 508 g/mol. The number of hydrogen-bond donors (Lipinski definition) is 5. The van der Waals surface area contributed by atoms with Crippen molar-refractivity contribution in [3.05, 3.63) is 95.7 Å². The smallest absolute Gasteiger partial charge is 0.231 e. The van der Waals surface area contributed by atoms with Gasteiger partial charge in [-0.25, -0.2) is 4.98 Å². The van der Waals surface area contributed by atoms with Crippen LogP contribution in [0.2, 0.25) is 0 Å². The molecule has 0 bridgehead atoms. The SMILES string of the molecule is CC.CC.Nc1cc(CC[C@H]2C(=O)N(C(O)NC(c3ccccc3)c3ccccc3)C2C(O)O)ccn1. The molecule has 1 aliphatic rings. The Morgan fingerprint density at radius 1 is 0.919 bits per heavy atom. The number of nitrogens with zero attached hydrogens (tertiary/aromatic N) is 2. The van der Waals surface area contributed by atoms with Gasteiger partial charge in [-0.15, -0.1) is 0 Å². The van der Waals surface area contributed by atoms with E-state index in [9.17, 15) is 20.1 Å². The average Bonchev–Trinajstić information content (AvgIpc) is 2.93. The van der Waals surface area contributed by atoms with Gasteiger partial charge in [-0.1, -0.05) is 88.4 Å². The predicted molar refractivity (Wildman–Crippen MR) is 146 cm³/mol. The molecule has 0 saturated carbocycles. The highest BCUT2D eigenvalue weighted by Gasteiger charge is 2.53. The molecule has 200 valence electrons. The van der Waals surface area contributed by atoms with E-state index in [1.807, 2.05) is 94.4 Å². The molecule has 3 aromatic rings. The Morgan fingerprint density at radius 2 is 1.46 bits per heavy atom. The number of pyridine rings is 1. The Labute approximate surface area is 219 Å². The van der Waals surface area contributed by atoms with Gasteiger partial charge >= 0.3 is 0 Å². The zero-order chi connectivity index (χ0) is 27.4. The Hall–Kier alpha value is -3.30. The van der Waals surface area contributed by atoms with Crippen LogP contribution >= 0.6 is 0 Å². The number of amides is 1. The summed E-state index contributed by atoms with van der Waals surface area (Å²) in [5, 5.41) is 34.0. The molecule has 3 atom stereocenters. The molecule has 1 fully saturated rings. The van der Waals surface area contributed by atoms with E-state index >= 15 is 0 Å². The van der Waals surface area contributed by atoms with Gasteiger partial charge in [-0.05, 0) is 41.7 Å². The molecule has 6 N–H and O–H groups in total. The molecule has 1 aromatic heterocycles. The summed E-state index contributed by atoms with van der Waals surface area (Å²) in [6.45, 7) is 8.00. The fraction of sp³-hybridized carbons (Fsp3) is 0.379. The first-order valence-electron chi connectivity index (χ1n) is 12.9. The molecule has 1 saturated heterocycles. The van der Waals surface area contributed by atoms with Crippen molar-refractivity contribution in [2.24, 2.45) is 5.92 Å². The molecule has 37 heavy (non-hydrogen) atoms. The largest absolute Gasteiger partial charge is 0.384 e. The van der Waals surface area contributed by atoms with Crippen LogP contribution in [0, 0.1) is 5.92 Å². The highest BCUT2D eigenvalue weighted by Crippen LogP contribution is 2.34. The number of aliphatic hydroxyl groups excluding tert-OH is 2. The Balaban J connectivity index is 0.00000115. The van der Waals surface area contributed by atoms with E-state index in [0.29, 0.717) is 18.7 Å². The van der Waals surface area contributed by atoms with Gasteiger partial charge in [0.05, 0.1) is 18.0 Å². The average molecular weight is 509 g/mol. The van der Waals surface area contributed by atoms with Crippen molar-refractivity contribution in [2.75, 3.05) is 5.73 Å². The maximum Gasteiger partial charge on any atom is 0.231 e. The van der Waals surface area contributed by atoms with Crippen molar-refractivity contribution in [1.29, 1.82) is 0 Å². The number of nitrogens with two attached hydrogens (primary N) is 1. The minimum absolute atomic E-state index is 0.338. The molecular formula is C29H40N4O4. The highest BCUT2D eigenvalue weighted by molar-refractivity contribution is 5.86. The van der Waals surface area contributed by atoms with Gasteiger partial charge in [0, 0.05) is 6.20 Å². The second kappa shape index (κ2) is 15.1. The lowest BCUT2D eigenvalue weighted by molar-refractivity contribution is -0.216. The van der Waals surface area contributed by atoms with Crippen LogP contribution in [-0.2, 0) is 11.2 Å². The Morgan fingerprint density at radius 3 is 1.95 bits per heavy atom. The van der Waals surface area contributed by atoms with Crippen molar-refractivity contribution in [1.82, 2.24) is 15.2 Å². The van der Waals surface area contributed by atoms with E-state index in [1.165, 1.54) is 0 Å². The van der Waals surface area contributed by atoms with Gasteiger partial charge in [0.25, 0.3) is 0 Å². The van der Waals surface area contributed by atoms with Crippen molar-refractivity contribution < 1.29 is 20.1 Å². The lowest BCUT2D eigenvalue weighted by Crippen LogP contribution is -2.71. The van der Waals surface area contributed by atoms with Gasteiger partial charge in [-0.3, -0.25) is 15.0 Å². The molecule has 4 rings (SSSR count). The van der Waals surface area contributed by atoms with Gasteiger partial charge in [0.1, 0.15) is 5.82 Å². The third-order valence-corrected chi connectivity index (χ3v) is 6.05. The zero-order valence-electron chi connectivity index (χ0n) is 22.0. The zero-order valence-corrected chi connectivity index (χ0v) is 22.0. The van der Waals surface area contributed by atoms with Crippen molar-refractivity contribution in [3.63, 3.8) is 0 Å². The van der Waals surface area contributed by atoms with Gasteiger partial charge in [0.2, 0.25) is 5.91 Å². The normalized spacial score (nSPS) is 17.3. The number of aryl methyl sites for hydroxylation is 1. The summed E-state index contributed by atoms with van der Waals surface area (Å²) in [7, 11) is 0. The van der Waals surface area contributed by atoms with Crippen LogP contribution in [0.4, 0.5) is 5.82 Å². The van der Waals surface area contributed by atoms with Crippen molar-refractivity contribution >= 4 is 11.7 Å². The van der Waals surface area contributed by atoms with E-state index in [1.54, 1.807) is 12.3 Å². The lowest BCUT2D eigenvalue weighted by Gasteiger charge is -2.50. The summed E-state index contributed by atoms with van der Waals surface area (Å²) < 4.78 is 0. The number of β-lactam (4-membered cyclic amide) rings is 1. The minimum Gasteiger partial charge on any atom is -0.384 e. The topological polar surface area (TPSA) is 132 Å². The van der Waals surface area contributed by atoms with E-state index in [-0.39, 0.29) is 5.91 Å². The number of likely N-dealkylation sites (tertiary alicyclic amines) is 1. The summed E-state index contributed by atoms with van der Waals surface area (Å²) in [5.41, 5.74) is 8.43. The van der Waals surface area contributed by atoms with E-state index in [2.05, 4.69) is 10.3 Å². The van der Waals surface area contributed by atoms with Crippen LogP contribution in [0.5, 0.6) is 0 Å². The van der Waals surface area contributed by atoms with Crippen LogP contribution < -0.4 is 11.1 Å². The second-order valence-corrected chi connectivity index (χ2v) is 8.18. The Bertz CT molecular complexity index is 1030. The van der Waals surface area contributed by atoms with Gasteiger partial charge in [0.15, 0.2) is 12.6 Å². The van der Waals surface area contributed by atoms with Crippen molar-refractivity contribution in [3.8, 4) is 0 Å². The third kappa shape index (κ3) is 7.60. The maximum atomic E-state index is 12.9. The standard InChI is InChI=1S/C25H28N4O4.2C2H6/c26-20-15-16(13-14-27-20)11-12-19-22(24(31)32)29(23(19)30)25(33)28-21(17-7-3-1-4-8-17)18-9-5-2-6-10-18;2*1-2/h1-10,13-15,19,21-22,24-25,28,31-33H,11-12H2,(H2,26,27);2*1-2H3/t19-,22?,25?;;/m1../s1. The molecule has 2 heterocycles. The summed E-state index contributed by atoms with van der Waals surface area (Å²) in [5.74, 6) is -0.571. The predicted octanol–water partition coefficient (Wildman–Crippen LogP) is 3.44. The Kier molecular flexibility index (Phi) is 12.2. The first-order chi connectivity index (χ1) is 18.0. The molecule has 2 aromatic carbocycles. The van der Waals surface area contributed by atoms with Gasteiger partial charge < -0.3 is 21.1 Å². The number of anilines is 1. The van der Waals surface area contributed by atoms with Crippen LogP contribution in [0.15, 0.2) is 79.0 Å². The first-order valence-corrected chi connectivity index (χ1v) is 12.9. The number of hydrogen-bond acceptors (Lipinski definition) is 7. The fourth-order valence-corrected chi connectivity index (χ4v) is 4.40. The minimum atomic E-state index is -1.78. The molecule has 1 amide bonds. The summed E-state index contributed by atoms with van der Waals surface area (Å²) >= 11 is 0. The van der Waals surface area contributed by atoms with E-state index < -0.39 is 30.6 Å². The molecule has 8 heteroatoms. The number of carbonyl (C=O) groups is 1. The van der Waals surface area contributed by atoms with Crippen LogP contribution in [0.25, 0.3) is 0 Å². The van der Waals surface area contributed by atoms with Gasteiger partial charge in [-0.2, -0.15) is 0 Å². The number of rotatable bonds is 9. The number of nitrogen functional groups attached to an aromatic ring is 1. The second-order valence-electron chi connectivity index (χ2n) is 8.18. The molecule has 8 nitrogen and oxygen atoms in total. The van der Waals surface area contributed by atoms with Crippen LogP contribution in [-0.4, -0.2) is 49.8 Å². The number of nitrogens with one attached hydrogen (secondary N) is 1. The molecule has 1 aliphatic heterocycles. The summed E-state index contributed by atoms with van der Waals surface area (Å²) in [6, 6.07) is 21.3. The van der Waals surface area contributed by atoms with E-state index in [4.69, 9.17) is 5.73 Å². The molecular weight excluding hydrogens is 468 g/mol. The number of benzene rings is 2. The number of aromatic nitrogens is 1. The number of carbonyl (C=O) groups excluding carboxylic acids is 1. The van der Waals surface area contributed by atoms with Crippen LogP contribution in [0.1, 0.15) is 56.8 Å². The first kappa shape index (κ1) is 29.9. The molecule has 0 radical (unpaired) electrons. The lowest BCUT2D eigenvalue weighted by atomic mass is 9.82. The summed E-state index contributed by atoms with van der Waals surface area (Å²) in [6.07, 6.45) is -0.658. The van der Waals surface area contributed by atoms with Crippen molar-refractivity contribution in [2.45, 2.75) is 65.3 Å².